The first-order valence-electron chi connectivity index (χ1n) is 9.39. The van der Waals surface area contributed by atoms with E-state index in [9.17, 15) is 26.4 Å². The lowest BCUT2D eigenvalue weighted by Gasteiger charge is -2.29. The number of carbonyl (C=O) groups is 1. The maximum Gasteiger partial charge on any atom is 0.424 e. The number of ether oxygens (including phenoxy) is 1. The second-order valence-electron chi connectivity index (χ2n) is 8.07. The summed E-state index contributed by atoms with van der Waals surface area (Å²) < 4.78 is 71.1. The Morgan fingerprint density at radius 3 is 2.28 bits per heavy atom. The highest BCUT2D eigenvalue weighted by molar-refractivity contribution is 9.10. The van der Waals surface area contributed by atoms with E-state index in [1.165, 1.54) is 32.0 Å². The summed E-state index contributed by atoms with van der Waals surface area (Å²) >= 11 is 3.22. The fourth-order valence-electron chi connectivity index (χ4n) is 2.58. The van der Waals surface area contributed by atoms with Crippen LogP contribution in [0.4, 0.5) is 29.5 Å². The van der Waals surface area contributed by atoms with E-state index in [-0.39, 0.29) is 20.9 Å². The maximum atomic E-state index is 13.1. The molecule has 12 heteroatoms. The second kappa shape index (κ2) is 9.26. The van der Waals surface area contributed by atoms with Gasteiger partial charge in [0.15, 0.2) is 0 Å². The summed E-state index contributed by atoms with van der Waals surface area (Å²) in [5.74, 6) is -0.0753. The number of benzene rings is 1. The van der Waals surface area contributed by atoms with Crippen LogP contribution in [-0.4, -0.2) is 35.4 Å². The van der Waals surface area contributed by atoms with Gasteiger partial charge in [-0.2, -0.15) is 17.5 Å². The molecule has 1 amide bonds. The molecule has 0 radical (unpaired) electrons. The number of anilines is 2. The molecule has 0 bridgehead atoms. The Kier molecular flexibility index (Phi) is 7.50. The number of nitrogens with one attached hydrogen (secondary N) is 1. The first kappa shape index (κ1) is 25.9. The lowest BCUT2D eigenvalue weighted by atomic mass is 10.2. The highest BCUT2D eigenvalue weighted by Crippen LogP contribution is 2.33. The lowest BCUT2D eigenvalue weighted by Crippen LogP contribution is -2.44. The molecular formula is C20H23BrF3N3O4S. The van der Waals surface area contributed by atoms with Crippen LogP contribution in [0.2, 0.25) is 0 Å². The molecule has 0 saturated carbocycles. The summed E-state index contributed by atoms with van der Waals surface area (Å²) in [6.45, 7) is 7.93. The van der Waals surface area contributed by atoms with Crippen molar-refractivity contribution < 1.29 is 31.1 Å². The molecule has 1 aromatic heterocycles. The van der Waals surface area contributed by atoms with E-state index in [0.29, 0.717) is 4.31 Å². The zero-order valence-electron chi connectivity index (χ0n) is 18.0. The number of aromatic nitrogens is 1. The van der Waals surface area contributed by atoms with E-state index in [1.54, 1.807) is 20.8 Å². The van der Waals surface area contributed by atoms with Crippen LogP contribution in [0.25, 0.3) is 0 Å². The predicted octanol–water partition coefficient (Wildman–Crippen LogP) is 5.94. The first-order valence-corrected chi connectivity index (χ1v) is 11.6. The molecule has 0 aliphatic rings. The van der Waals surface area contributed by atoms with E-state index in [2.05, 4.69) is 26.2 Å². The van der Waals surface area contributed by atoms with Crippen molar-refractivity contribution in [3.63, 3.8) is 0 Å². The summed E-state index contributed by atoms with van der Waals surface area (Å²) in [6, 6.07) is 4.78. The molecule has 0 aliphatic heterocycles. The minimum atomic E-state index is -4.53. The van der Waals surface area contributed by atoms with Crippen LogP contribution in [0, 0.1) is 0 Å². The van der Waals surface area contributed by atoms with Gasteiger partial charge in [0, 0.05) is 16.7 Å². The minimum absolute atomic E-state index is 0.0753. The third-order valence-corrected chi connectivity index (χ3v) is 6.48. The smallest absolute Gasteiger partial charge is 0.424 e. The number of pyridine rings is 1. The number of alkyl halides is 3. The molecule has 2 rings (SSSR count). The molecule has 1 N–H and O–H groups in total. The first-order chi connectivity index (χ1) is 14.5. The van der Waals surface area contributed by atoms with Gasteiger partial charge in [0.25, 0.3) is 10.0 Å². The van der Waals surface area contributed by atoms with E-state index in [4.69, 9.17) is 4.74 Å². The topological polar surface area (TPSA) is 88.6 Å². The van der Waals surface area contributed by atoms with Crippen LogP contribution in [0.15, 0.2) is 45.9 Å². The predicted molar refractivity (Wildman–Crippen MR) is 117 cm³/mol. The van der Waals surface area contributed by atoms with E-state index < -0.39 is 39.5 Å². The van der Waals surface area contributed by atoms with Crippen molar-refractivity contribution in [3.05, 3.63) is 46.6 Å². The fourth-order valence-corrected chi connectivity index (χ4v) is 4.73. The van der Waals surface area contributed by atoms with Gasteiger partial charge >= 0.3 is 12.3 Å². The average molecular weight is 538 g/mol. The summed E-state index contributed by atoms with van der Waals surface area (Å²) in [5.41, 5.74) is -1.49. The van der Waals surface area contributed by atoms with Gasteiger partial charge in [-0.3, -0.25) is 0 Å². The van der Waals surface area contributed by atoms with Gasteiger partial charge in [0.2, 0.25) is 0 Å². The maximum absolute atomic E-state index is 13.1. The summed E-state index contributed by atoms with van der Waals surface area (Å²) in [7, 11) is -4.27. The van der Waals surface area contributed by atoms with Crippen molar-refractivity contribution >= 4 is 43.6 Å². The van der Waals surface area contributed by atoms with Crippen LogP contribution >= 0.6 is 15.9 Å². The highest BCUT2D eigenvalue weighted by Gasteiger charge is 2.35. The molecule has 0 saturated heterocycles. The van der Waals surface area contributed by atoms with Crippen LogP contribution < -0.4 is 5.32 Å². The molecule has 1 heterocycles. The average Bonchev–Trinajstić information content (AvgIpc) is 2.60. The molecule has 1 aromatic carbocycles. The Morgan fingerprint density at radius 1 is 1.16 bits per heavy atom. The largest absolute Gasteiger partial charge is 0.443 e. The van der Waals surface area contributed by atoms with E-state index >= 15 is 0 Å². The SMILES string of the molecule is CC(C)N(C(=O)OC(C)(C)C)S(=O)(=O)c1ccc(Nc2cc(C(F)(F)F)ccn2)c(Br)c1. The van der Waals surface area contributed by atoms with Crippen molar-refractivity contribution in [1.29, 1.82) is 0 Å². The van der Waals surface area contributed by atoms with Crippen LogP contribution in [0.5, 0.6) is 0 Å². The molecule has 2 aromatic rings. The van der Waals surface area contributed by atoms with Gasteiger partial charge in [-0.15, -0.1) is 0 Å². The standard InChI is InChI=1S/C20H23BrF3N3O4S/c1-12(2)27(18(28)31-19(3,4)5)32(29,30)14-6-7-16(15(21)11-14)26-17-10-13(8-9-25-17)20(22,23)24/h6-12H,1-5H3,(H,25,26). The molecule has 0 spiro atoms. The number of hydrogen-bond acceptors (Lipinski definition) is 6. The van der Waals surface area contributed by atoms with Crippen molar-refractivity contribution in [2.45, 2.75) is 57.3 Å². The Morgan fingerprint density at radius 2 is 1.78 bits per heavy atom. The molecular weight excluding hydrogens is 515 g/mol. The van der Waals surface area contributed by atoms with Gasteiger partial charge in [-0.25, -0.2) is 18.2 Å². The zero-order chi connectivity index (χ0) is 24.5. The summed E-state index contributed by atoms with van der Waals surface area (Å²) in [4.78, 5) is 16.2. The van der Waals surface area contributed by atoms with Gasteiger partial charge in [-0.05, 0) is 80.9 Å². The quantitative estimate of drug-likeness (QED) is 0.507. The van der Waals surface area contributed by atoms with Crippen LogP contribution in [0.3, 0.4) is 0 Å². The normalized spacial score (nSPS) is 12.6. The zero-order valence-corrected chi connectivity index (χ0v) is 20.4. The molecule has 7 nitrogen and oxygen atoms in total. The minimum Gasteiger partial charge on any atom is -0.443 e. The van der Waals surface area contributed by atoms with Gasteiger partial charge < -0.3 is 10.1 Å². The number of rotatable bonds is 5. The van der Waals surface area contributed by atoms with E-state index in [0.717, 1.165) is 18.3 Å². The number of amides is 1. The van der Waals surface area contributed by atoms with Crippen LogP contribution in [-0.2, 0) is 20.9 Å². The van der Waals surface area contributed by atoms with Crippen molar-refractivity contribution in [2.75, 3.05) is 5.32 Å². The Bertz CT molecular complexity index is 1100. The van der Waals surface area contributed by atoms with Gasteiger partial charge in [0.1, 0.15) is 11.4 Å². The number of nitrogens with zero attached hydrogens (tertiary/aromatic N) is 2. The lowest BCUT2D eigenvalue weighted by molar-refractivity contribution is -0.137. The number of sulfonamides is 1. The van der Waals surface area contributed by atoms with Crippen molar-refractivity contribution in [1.82, 2.24) is 9.29 Å². The monoisotopic (exact) mass is 537 g/mol. The molecule has 0 unspecified atom stereocenters. The highest BCUT2D eigenvalue weighted by atomic mass is 79.9. The number of carbonyl (C=O) groups excluding carboxylic acids is 1. The molecule has 0 atom stereocenters. The molecule has 32 heavy (non-hydrogen) atoms. The summed E-state index contributed by atoms with van der Waals surface area (Å²) in [6.07, 6.45) is -4.53. The van der Waals surface area contributed by atoms with Gasteiger partial charge in [0.05, 0.1) is 16.1 Å². The van der Waals surface area contributed by atoms with Gasteiger partial charge in [-0.1, -0.05) is 0 Å². The number of halogens is 4. The van der Waals surface area contributed by atoms with Crippen molar-refractivity contribution in [3.8, 4) is 0 Å². The van der Waals surface area contributed by atoms with Crippen LogP contribution in [0.1, 0.15) is 40.2 Å². The second-order valence-corrected chi connectivity index (χ2v) is 10.7. The van der Waals surface area contributed by atoms with Crippen molar-refractivity contribution in [2.24, 2.45) is 0 Å². The molecule has 0 fully saturated rings. The Labute approximate surface area is 193 Å². The number of hydrogen-bond donors (Lipinski definition) is 1. The summed E-state index contributed by atoms with van der Waals surface area (Å²) in [5, 5.41) is 2.71. The molecule has 176 valence electrons. The fraction of sp³-hybridized carbons (Fsp3) is 0.400. The third kappa shape index (κ3) is 6.35. The Balaban J connectivity index is 2.36. The van der Waals surface area contributed by atoms with E-state index in [1.807, 2.05) is 0 Å². The third-order valence-electron chi connectivity index (χ3n) is 3.89. The Hall–Kier alpha value is -2.34. The molecule has 0 aliphatic carbocycles.